The maximum Gasteiger partial charge on any atom is 0.135 e. The molecule has 0 aromatic rings. The highest BCUT2D eigenvalue weighted by Gasteiger charge is 1.98. The van der Waals surface area contributed by atoms with Gasteiger partial charge in [-0.2, -0.15) is 0 Å². The second-order valence-electron chi connectivity index (χ2n) is 4.17. The largest absolute Gasteiger partial charge is 0.392 e. The Bertz CT molecular complexity index is 300. The predicted octanol–water partition coefficient (Wildman–Crippen LogP) is 5.04. The Kier molecular flexibility index (Phi) is 11.3. The SMILES string of the molecule is C=CCO/N=C(/CC)CCCCC(/C=C\C)=C/C. The van der Waals surface area contributed by atoms with Gasteiger partial charge in [0.05, 0.1) is 5.71 Å². The molecule has 0 aromatic heterocycles. The molecule has 0 radical (unpaired) electrons. The summed E-state index contributed by atoms with van der Waals surface area (Å²) in [6, 6.07) is 0. The van der Waals surface area contributed by atoms with Crippen molar-refractivity contribution >= 4 is 5.71 Å². The van der Waals surface area contributed by atoms with Gasteiger partial charge in [-0.1, -0.05) is 48.5 Å². The monoisotopic (exact) mass is 249 g/mol. The Morgan fingerprint density at radius 1 is 1.22 bits per heavy atom. The molecule has 2 heteroatoms. The Balaban J connectivity index is 3.86. The van der Waals surface area contributed by atoms with Gasteiger partial charge in [-0.3, -0.25) is 0 Å². The van der Waals surface area contributed by atoms with Crippen molar-refractivity contribution in [3.63, 3.8) is 0 Å². The average molecular weight is 249 g/mol. The summed E-state index contributed by atoms with van der Waals surface area (Å²) in [6.07, 6.45) is 13.7. The van der Waals surface area contributed by atoms with E-state index in [-0.39, 0.29) is 0 Å². The smallest absolute Gasteiger partial charge is 0.135 e. The van der Waals surface area contributed by atoms with Crippen molar-refractivity contribution < 1.29 is 4.84 Å². The molecule has 0 bridgehead atoms. The number of oxime groups is 1. The van der Waals surface area contributed by atoms with E-state index in [4.69, 9.17) is 4.84 Å². The molecule has 0 amide bonds. The first-order valence-electron chi connectivity index (χ1n) is 6.84. The third-order valence-electron chi connectivity index (χ3n) is 2.73. The van der Waals surface area contributed by atoms with Crippen LogP contribution in [-0.2, 0) is 4.84 Å². The second-order valence-corrected chi connectivity index (χ2v) is 4.17. The van der Waals surface area contributed by atoms with Gasteiger partial charge < -0.3 is 4.84 Å². The molecule has 102 valence electrons. The van der Waals surface area contributed by atoms with Crippen LogP contribution in [-0.4, -0.2) is 12.3 Å². The third kappa shape index (κ3) is 8.80. The van der Waals surface area contributed by atoms with Gasteiger partial charge >= 0.3 is 0 Å². The molecule has 0 aromatic carbocycles. The van der Waals surface area contributed by atoms with Gasteiger partial charge in [-0.15, -0.1) is 0 Å². The van der Waals surface area contributed by atoms with Crippen molar-refractivity contribution in [2.75, 3.05) is 6.61 Å². The topological polar surface area (TPSA) is 21.6 Å². The van der Waals surface area contributed by atoms with E-state index in [9.17, 15) is 0 Å². The van der Waals surface area contributed by atoms with E-state index in [0.29, 0.717) is 6.61 Å². The van der Waals surface area contributed by atoms with Gasteiger partial charge in [-0.05, 0) is 46.0 Å². The van der Waals surface area contributed by atoms with Crippen LogP contribution in [0.4, 0.5) is 0 Å². The number of hydrogen-bond donors (Lipinski definition) is 0. The fourth-order valence-corrected chi connectivity index (χ4v) is 1.66. The van der Waals surface area contributed by atoms with Crippen molar-refractivity contribution in [2.24, 2.45) is 5.16 Å². The molecule has 0 saturated carbocycles. The van der Waals surface area contributed by atoms with E-state index in [1.165, 1.54) is 18.4 Å². The van der Waals surface area contributed by atoms with Gasteiger partial charge in [0, 0.05) is 0 Å². The number of allylic oxidation sites excluding steroid dienone is 4. The van der Waals surface area contributed by atoms with Crippen LogP contribution in [0.2, 0.25) is 0 Å². The van der Waals surface area contributed by atoms with Crippen LogP contribution in [0.15, 0.2) is 41.6 Å². The zero-order chi connectivity index (χ0) is 13.6. The minimum atomic E-state index is 0.494. The van der Waals surface area contributed by atoms with E-state index in [1.54, 1.807) is 6.08 Å². The van der Waals surface area contributed by atoms with E-state index < -0.39 is 0 Å². The quantitative estimate of drug-likeness (QED) is 0.175. The van der Waals surface area contributed by atoms with Crippen LogP contribution in [0, 0.1) is 0 Å². The molecule has 0 unspecified atom stereocenters. The van der Waals surface area contributed by atoms with Crippen LogP contribution in [0.25, 0.3) is 0 Å². The molecule has 0 aliphatic rings. The summed E-state index contributed by atoms with van der Waals surface area (Å²) in [6.45, 7) is 10.4. The molecule has 0 aliphatic heterocycles. The summed E-state index contributed by atoms with van der Waals surface area (Å²) >= 11 is 0. The summed E-state index contributed by atoms with van der Waals surface area (Å²) in [5.74, 6) is 0. The van der Waals surface area contributed by atoms with Gasteiger partial charge in [0.2, 0.25) is 0 Å². The van der Waals surface area contributed by atoms with E-state index in [2.05, 4.69) is 50.7 Å². The molecule has 0 aliphatic carbocycles. The summed E-state index contributed by atoms with van der Waals surface area (Å²) in [4.78, 5) is 5.12. The van der Waals surface area contributed by atoms with E-state index in [1.807, 2.05) is 0 Å². The molecule has 0 fully saturated rings. The first kappa shape index (κ1) is 16.7. The van der Waals surface area contributed by atoms with Crippen LogP contribution < -0.4 is 0 Å². The van der Waals surface area contributed by atoms with Crippen molar-refractivity contribution in [3.05, 3.63) is 36.5 Å². The Hall–Kier alpha value is -1.31. The lowest BCUT2D eigenvalue weighted by Gasteiger charge is -2.04. The molecular formula is C16H27NO. The first-order valence-corrected chi connectivity index (χ1v) is 6.84. The first-order chi connectivity index (χ1) is 8.78. The fraction of sp³-hybridized carbons (Fsp3) is 0.562. The molecular weight excluding hydrogens is 222 g/mol. The predicted molar refractivity (Wildman–Crippen MR) is 80.9 cm³/mol. The Morgan fingerprint density at radius 3 is 2.50 bits per heavy atom. The minimum absolute atomic E-state index is 0.494. The molecule has 2 nitrogen and oxygen atoms in total. The van der Waals surface area contributed by atoms with Crippen LogP contribution in [0.5, 0.6) is 0 Å². The maximum absolute atomic E-state index is 5.12. The molecule has 0 N–H and O–H groups in total. The second kappa shape index (κ2) is 12.2. The van der Waals surface area contributed by atoms with Gasteiger partial charge in [0.25, 0.3) is 0 Å². The molecule has 18 heavy (non-hydrogen) atoms. The summed E-state index contributed by atoms with van der Waals surface area (Å²) < 4.78 is 0. The lowest BCUT2D eigenvalue weighted by molar-refractivity contribution is 0.173. The summed E-state index contributed by atoms with van der Waals surface area (Å²) in [5.41, 5.74) is 2.56. The van der Waals surface area contributed by atoms with Crippen LogP contribution in [0.1, 0.15) is 52.9 Å². The molecule has 0 spiro atoms. The summed E-state index contributed by atoms with van der Waals surface area (Å²) in [5, 5.41) is 4.12. The Morgan fingerprint density at radius 2 is 1.94 bits per heavy atom. The maximum atomic E-state index is 5.12. The Labute approximate surface area is 112 Å². The number of nitrogens with zero attached hydrogens (tertiary/aromatic N) is 1. The lowest BCUT2D eigenvalue weighted by atomic mass is 10.0. The fourth-order valence-electron chi connectivity index (χ4n) is 1.66. The highest BCUT2D eigenvalue weighted by molar-refractivity contribution is 5.83. The van der Waals surface area contributed by atoms with Gasteiger partial charge in [0.1, 0.15) is 6.61 Å². The van der Waals surface area contributed by atoms with Crippen molar-refractivity contribution in [1.82, 2.24) is 0 Å². The van der Waals surface area contributed by atoms with Gasteiger partial charge in [-0.25, -0.2) is 0 Å². The zero-order valence-electron chi connectivity index (χ0n) is 12.1. The van der Waals surface area contributed by atoms with E-state index >= 15 is 0 Å². The number of unbranched alkanes of at least 4 members (excludes halogenated alkanes) is 1. The highest BCUT2D eigenvalue weighted by atomic mass is 16.6. The molecule has 0 heterocycles. The third-order valence-corrected chi connectivity index (χ3v) is 2.73. The molecule has 0 atom stereocenters. The molecule has 0 saturated heterocycles. The van der Waals surface area contributed by atoms with Crippen LogP contribution >= 0.6 is 0 Å². The van der Waals surface area contributed by atoms with E-state index in [0.717, 1.165) is 25.0 Å². The average Bonchev–Trinajstić information content (AvgIpc) is 2.40. The van der Waals surface area contributed by atoms with Crippen molar-refractivity contribution in [2.45, 2.75) is 52.9 Å². The molecule has 0 rings (SSSR count). The van der Waals surface area contributed by atoms with Gasteiger partial charge in [0.15, 0.2) is 0 Å². The summed E-state index contributed by atoms with van der Waals surface area (Å²) in [7, 11) is 0. The minimum Gasteiger partial charge on any atom is -0.392 e. The lowest BCUT2D eigenvalue weighted by Crippen LogP contribution is -1.98. The highest BCUT2D eigenvalue weighted by Crippen LogP contribution is 2.11. The number of hydrogen-bond acceptors (Lipinski definition) is 2. The standard InChI is InChI=1S/C16H27NO/c1-5-11-15(7-3)12-9-10-13-16(8-4)17-18-14-6-2/h5-7,11H,2,8-10,12-14H2,1,3-4H3/b11-5-,15-7+,17-16-. The van der Waals surface area contributed by atoms with Crippen molar-refractivity contribution in [3.8, 4) is 0 Å². The zero-order valence-corrected chi connectivity index (χ0v) is 12.1. The van der Waals surface area contributed by atoms with Crippen molar-refractivity contribution in [1.29, 1.82) is 0 Å². The normalized spacial score (nSPS) is 13.1. The number of rotatable bonds is 10. The van der Waals surface area contributed by atoms with Crippen LogP contribution in [0.3, 0.4) is 0 Å².